The van der Waals surface area contributed by atoms with Gasteiger partial charge in [0.2, 0.25) is 17.8 Å². The first-order valence-corrected chi connectivity index (χ1v) is 7.09. The lowest BCUT2D eigenvalue weighted by Gasteiger charge is -2.27. The van der Waals surface area contributed by atoms with Gasteiger partial charge in [0.1, 0.15) is 0 Å². The zero-order valence-corrected chi connectivity index (χ0v) is 11.3. The molecule has 0 saturated carbocycles. The molecular formula is C9H17N7OS. The van der Waals surface area contributed by atoms with Gasteiger partial charge in [-0.25, -0.2) is 5.84 Å². The summed E-state index contributed by atoms with van der Waals surface area (Å²) in [5, 5.41) is 0. The number of nitrogens with two attached hydrogens (primary N) is 1. The van der Waals surface area contributed by atoms with Crippen LogP contribution in [0, 0.1) is 0 Å². The number of hydrogen-bond acceptors (Lipinski definition) is 8. The van der Waals surface area contributed by atoms with Gasteiger partial charge >= 0.3 is 0 Å². The van der Waals surface area contributed by atoms with E-state index in [2.05, 4.69) is 20.4 Å². The van der Waals surface area contributed by atoms with Crippen LogP contribution < -0.4 is 21.1 Å². The van der Waals surface area contributed by atoms with Crippen LogP contribution in [0.15, 0.2) is 0 Å². The Labute approximate surface area is 108 Å². The minimum atomic E-state index is -0.720. The molecule has 0 bridgehead atoms. The van der Waals surface area contributed by atoms with Crippen LogP contribution in [0.4, 0.5) is 17.8 Å². The zero-order valence-electron chi connectivity index (χ0n) is 10.5. The molecule has 100 valence electrons. The molecule has 2 rings (SSSR count). The molecule has 1 aromatic heterocycles. The van der Waals surface area contributed by atoms with E-state index in [1.807, 2.05) is 19.0 Å². The molecule has 0 atom stereocenters. The maximum absolute atomic E-state index is 11.3. The molecule has 0 spiro atoms. The third-order valence-electron chi connectivity index (χ3n) is 2.60. The normalized spacial score (nSPS) is 16.7. The van der Waals surface area contributed by atoms with Gasteiger partial charge in [0.05, 0.1) is 0 Å². The van der Waals surface area contributed by atoms with E-state index in [0.29, 0.717) is 42.4 Å². The Kier molecular flexibility index (Phi) is 3.92. The van der Waals surface area contributed by atoms with Crippen molar-refractivity contribution in [3.05, 3.63) is 0 Å². The summed E-state index contributed by atoms with van der Waals surface area (Å²) >= 11 is 0. The number of nitrogen functional groups attached to an aromatic ring is 1. The zero-order chi connectivity index (χ0) is 13.1. The van der Waals surface area contributed by atoms with Crippen LogP contribution >= 0.6 is 0 Å². The van der Waals surface area contributed by atoms with E-state index < -0.39 is 10.8 Å². The Bertz CT molecular complexity index is 443. The topological polar surface area (TPSA) is 100 Å². The number of nitrogens with zero attached hydrogens (tertiary/aromatic N) is 5. The first-order valence-electron chi connectivity index (χ1n) is 5.60. The Morgan fingerprint density at radius 2 is 1.94 bits per heavy atom. The summed E-state index contributed by atoms with van der Waals surface area (Å²) in [5.74, 6) is 8.08. The Hall–Kier alpha value is -1.48. The maximum atomic E-state index is 11.3. The average Bonchev–Trinajstić information content (AvgIpc) is 2.39. The molecule has 1 fully saturated rings. The number of hydrazine groups is 1. The van der Waals surface area contributed by atoms with Gasteiger partial charge in [-0.05, 0) is 0 Å². The minimum Gasteiger partial charge on any atom is -0.347 e. The van der Waals surface area contributed by atoms with Gasteiger partial charge in [-0.3, -0.25) is 9.63 Å². The molecule has 0 radical (unpaired) electrons. The second kappa shape index (κ2) is 5.44. The Balaban J connectivity index is 2.26. The van der Waals surface area contributed by atoms with Crippen LogP contribution in [-0.4, -0.2) is 57.9 Å². The van der Waals surface area contributed by atoms with Crippen molar-refractivity contribution >= 4 is 28.6 Å². The number of anilines is 3. The SMILES string of the molecule is CN(C)c1nc(NN)nc(N2CCS(=O)CC2)n1. The number of nitrogens with one attached hydrogen (secondary N) is 1. The van der Waals surface area contributed by atoms with E-state index in [-0.39, 0.29) is 0 Å². The molecule has 0 amide bonds. The fourth-order valence-electron chi connectivity index (χ4n) is 1.60. The van der Waals surface area contributed by atoms with E-state index >= 15 is 0 Å². The lowest BCUT2D eigenvalue weighted by Crippen LogP contribution is -2.39. The quantitative estimate of drug-likeness (QED) is 0.522. The summed E-state index contributed by atoms with van der Waals surface area (Å²) in [4.78, 5) is 16.5. The lowest BCUT2D eigenvalue weighted by molar-refractivity contribution is 0.671. The summed E-state index contributed by atoms with van der Waals surface area (Å²) in [6, 6.07) is 0. The second-order valence-electron chi connectivity index (χ2n) is 4.13. The predicted octanol–water partition coefficient (Wildman–Crippen LogP) is -1.21. The minimum absolute atomic E-state index is 0.329. The highest BCUT2D eigenvalue weighted by atomic mass is 32.2. The molecule has 1 aliphatic heterocycles. The van der Waals surface area contributed by atoms with E-state index in [1.165, 1.54) is 0 Å². The van der Waals surface area contributed by atoms with Crippen molar-refractivity contribution in [2.75, 3.05) is 53.9 Å². The molecule has 1 saturated heterocycles. The second-order valence-corrected chi connectivity index (χ2v) is 5.83. The van der Waals surface area contributed by atoms with Crippen LogP contribution in [0.5, 0.6) is 0 Å². The smallest absolute Gasteiger partial charge is 0.243 e. The molecule has 0 aromatic carbocycles. The van der Waals surface area contributed by atoms with Gasteiger partial charge in [0, 0.05) is 49.5 Å². The van der Waals surface area contributed by atoms with E-state index in [1.54, 1.807) is 4.90 Å². The van der Waals surface area contributed by atoms with Crippen LogP contribution in [0.1, 0.15) is 0 Å². The Morgan fingerprint density at radius 1 is 1.28 bits per heavy atom. The first kappa shape index (κ1) is 13.0. The third-order valence-corrected chi connectivity index (χ3v) is 3.88. The van der Waals surface area contributed by atoms with Crippen LogP contribution in [0.25, 0.3) is 0 Å². The summed E-state index contributed by atoms with van der Waals surface area (Å²) < 4.78 is 11.3. The molecule has 1 aliphatic rings. The molecule has 18 heavy (non-hydrogen) atoms. The van der Waals surface area contributed by atoms with Crippen molar-refractivity contribution in [1.29, 1.82) is 0 Å². The number of aromatic nitrogens is 3. The van der Waals surface area contributed by atoms with E-state index in [9.17, 15) is 4.21 Å². The molecular weight excluding hydrogens is 254 g/mol. The van der Waals surface area contributed by atoms with Crippen molar-refractivity contribution in [3.8, 4) is 0 Å². The monoisotopic (exact) mass is 271 g/mol. The molecule has 0 aliphatic carbocycles. The molecule has 3 N–H and O–H groups in total. The summed E-state index contributed by atoms with van der Waals surface area (Å²) in [5.41, 5.74) is 2.43. The number of hydrogen-bond donors (Lipinski definition) is 2. The largest absolute Gasteiger partial charge is 0.347 e. The van der Waals surface area contributed by atoms with Gasteiger partial charge in [0.15, 0.2) is 0 Å². The molecule has 0 unspecified atom stereocenters. The van der Waals surface area contributed by atoms with Crippen molar-refractivity contribution < 1.29 is 4.21 Å². The molecule has 8 nitrogen and oxygen atoms in total. The van der Waals surface area contributed by atoms with Crippen molar-refractivity contribution in [3.63, 3.8) is 0 Å². The number of rotatable bonds is 3. The van der Waals surface area contributed by atoms with Gasteiger partial charge in [0.25, 0.3) is 0 Å². The van der Waals surface area contributed by atoms with Gasteiger partial charge in [-0.2, -0.15) is 15.0 Å². The van der Waals surface area contributed by atoms with Crippen LogP contribution in [0.3, 0.4) is 0 Å². The first-order chi connectivity index (χ1) is 8.60. The highest BCUT2D eigenvalue weighted by Gasteiger charge is 2.19. The summed E-state index contributed by atoms with van der Waals surface area (Å²) in [7, 11) is 2.98. The van der Waals surface area contributed by atoms with Gasteiger partial charge < -0.3 is 9.80 Å². The predicted molar refractivity (Wildman–Crippen MR) is 72.1 cm³/mol. The van der Waals surface area contributed by atoms with Crippen molar-refractivity contribution in [2.24, 2.45) is 5.84 Å². The fourth-order valence-corrected chi connectivity index (χ4v) is 2.65. The standard InChI is InChI=1S/C9H17N7OS/c1-15(2)8-11-7(14-10)12-9(13-8)16-3-5-18(17)6-4-16/h3-6,10H2,1-2H3,(H,11,12,13,14). The fraction of sp³-hybridized carbons (Fsp3) is 0.667. The van der Waals surface area contributed by atoms with Gasteiger partial charge in [-0.1, -0.05) is 0 Å². The highest BCUT2D eigenvalue weighted by molar-refractivity contribution is 7.85. The average molecular weight is 271 g/mol. The molecule has 2 heterocycles. The van der Waals surface area contributed by atoms with E-state index in [4.69, 9.17) is 5.84 Å². The van der Waals surface area contributed by atoms with Crippen LogP contribution in [-0.2, 0) is 10.8 Å². The summed E-state index contributed by atoms with van der Waals surface area (Å²) in [6.07, 6.45) is 0. The lowest BCUT2D eigenvalue weighted by atomic mass is 10.5. The molecule has 9 heteroatoms. The van der Waals surface area contributed by atoms with E-state index in [0.717, 1.165) is 0 Å². The van der Waals surface area contributed by atoms with Crippen LogP contribution in [0.2, 0.25) is 0 Å². The van der Waals surface area contributed by atoms with Gasteiger partial charge in [-0.15, -0.1) is 0 Å². The van der Waals surface area contributed by atoms with Crippen molar-refractivity contribution in [1.82, 2.24) is 15.0 Å². The highest BCUT2D eigenvalue weighted by Crippen LogP contribution is 2.16. The maximum Gasteiger partial charge on any atom is 0.243 e. The van der Waals surface area contributed by atoms with Crippen molar-refractivity contribution in [2.45, 2.75) is 0 Å². The third kappa shape index (κ3) is 2.85. The Morgan fingerprint density at radius 3 is 2.50 bits per heavy atom. The summed E-state index contributed by atoms with van der Waals surface area (Å²) in [6.45, 7) is 1.38. The molecule has 1 aromatic rings.